The van der Waals surface area contributed by atoms with Crippen LogP contribution in [0.4, 0.5) is 5.95 Å². The average molecular weight is 349 g/mol. The second-order valence-corrected chi connectivity index (χ2v) is 6.28. The Morgan fingerprint density at radius 1 is 1.31 bits per heavy atom. The average Bonchev–Trinajstić information content (AvgIpc) is 3.31. The summed E-state index contributed by atoms with van der Waals surface area (Å²) in [5.74, 6) is 1.19. The maximum Gasteiger partial charge on any atom is 0.255 e. The number of nitrogens with one attached hydrogen (secondary N) is 1. The maximum absolute atomic E-state index is 12.3. The van der Waals surface area contributed by atoms with Crippen LogP contribution in [0.2, 0.25) is 0 Å². The summed E-state index contributed by atoms with van der Waals surface area (Å²) in [7, 11) is 0. The van der Waals surface area contributed by atoms with Gasteiger partial charge in [-0.15, -0.1) is 0 Å². The third kappa shape index (κ3) is 3.28. The monoisotopic (exact) mass is 349 g/mol. The number of carbonyl (C=O) groups is 1. The summed E-state index contributed by atoms with van der Waals surface area (Å²) >= 11 is 0. The fraction of sp³-hybridized carbons (Fsp3) is 0.263. The third-order valence-electron chi connectivity index (χ3n) is 4.51. The van der Waals surface area contributed by atoms with Crippen molar-refractivity contribution in [3.8, 4) is 11.3 Å². The molecule has 3 aromatic rings. The SMILES string of the molecule is Cc1occc1C(=O)NC1CCN(c2nccc(-c3cccnc3)n2)C1. The quantitative estimate of drug-likeness (QED) is 0.779. The summed E-state index contributed by atoms with van der Waals surface area (Å²) in [6.45, 7) is 3.26. The topological polar surface area (TPSA) is 84.2 Å². The van der Waals surface area contributed by atoms with Crippen molar-refractivity contribution < 1.29 is 9.21 Å². The van der Waals surface area contributed by atoms with Gasteiger partial charge in [-0.3, -0.25) is 9.78 Å². The molecule has 132 valence electrons. The van der Waals surface area contributed by atoms with Crippen molar-refractivity contribution in [2.24, 2.45) is 0 Å². The van der Waals surface area contributed by atoms with Gasteiger partial charge < -0.3 is 14.6 Å². The number of nitrogens with zero attached hydrogens (tertiary/aromatic N) is 4. The molecule has 1 aliphatic heterocycles. The minimum Gasteiger partial charge on any atom is -0.469 e. The van der Waals surface area contributed by atoms with Crippen LogP contribution in [-0.4, -0.2) is 40.0 Å². The molecule has 0 aliphatic carbocycles. The van der Waals surface area contributed by atoms with Gasteiger partial charge in [0.15, 0.2) is 0 Å². The summed E-state index contributed by atoms with van der Waals surface area (Å²) in [5.41, 5.74) is 2.37. The first-order chi connectivity index (χ1) is 12.7. The molecule has 0 bridgehead atoms. The second kappa shape index (κ2) is 6.95. The van der Waals surface area contributed by atoms with E-state index < -0.39 is 0 Å². The number of carbonyl (C=O) groups excluding carboxylic acids is 1. The first-order valence-electron chi connectivity index (χ1n) is 8.54. The van der Waals surface area contributed by atoms with Crippen molar-refractivity contribution >= 4 is 11.9 Å². The zero-order valence-electron chi connectivity index (χ0n) is 14.4. The Labute approximate surface area is 151 Å². The zero-order chi connectivity index (χ0) is 17.9. The number of rotatable bonds is 4. The van der Waals surface area contributed by atoms with Crippen molar-refractivity contribution in [2.75, 3.05) is 18.0 Å². The number of pyridine rings is 1. The molecule has 1 N–H and O–H groups in total. The van der Waals surface area contributed by atoms with Gasteiger partial charge in [0.25, 0.3) is 5.91 Å². The van der Waals surface area contributed by atoms with Crippen LogP contribution in [0.25, 0.3) is 11.3 Å². The van der Waals surface area contributed by atoms with Crippen LogP contribution in [0.15, 0.2) is 53.5 Å². The van der Waals surface area contributed by atoms with Crippen molar-refractivity contribution in [1.29, 1.82) is 0 Å². The first-order valence-corrected chi connectivity index (χ1v) is 8.54. The normalized spacial score (nSPS) is 16.7. The van der Waals surface area contributed by atoms with Crippen LogP contribution in [-0.2, 0) is 0 Å². The number of anilines is 1. The molecule has 0 aromatic carbocycles. The lowest BCUT2D eigenvalue weighted by molar-refractivity contribution is 0.0939. The second-order valence-electron chi connectivity index (χ2n) is 6.28. The summed E-state index contributed by atoms with van der Waals surface area (Å²) in [4.78, 5) is 27.6. The Balaban J connectivity index is 1.44. The number of furan rings is 1. The fourth-order valence-electron chi connectivity index (χ4n) is 3.12. The van der Waals surface area contributed by atoms with Crippen molar-refractivity contribution in [3.63, 3.8) is 0 Å². The van der Waals surface area contributed by atoms with Gasteiger partial charge >= 0.3 is 0 Å². The van der Waals surface area contributed by atoms with Gasteiger partial charge in [-0.2, -0.15) is 0 Å². The van der Waals surface area contributed by atoms with E-state index in [0.717, 1.165) is 24.2 Å². The number of aromatic nitrogens is 3. The minimum absolute atomic E-state index is 0.0578. The third-order valence-corrected chi connectivity index (χ3v) is 4.51. The van der Waals surface area contributed by atoms with Crippen LogP contribution in [0, 0.1) is 6.92 Å². The number of hydrogen-bond acceptors (Lipinski definition) is 6. The Kier molecular flexibility index (Phi) is 4.35. The Hall–Kier alpha value is -3.22. The van der Waals surface area contributed by atoms with Crippen LogP contribution >= 0.6 is 0 Å². The highest BCUT2D eigenvalue weighted by atomic mass is 16.3. The lowest BCUT2D eigenvalue weighted by Gasteiger charge is -2.17. The molecule has 4 rings (SSSR count). The lowest BCUT2D eigenvalue weighted by atomic mass is 10.2. The van der Waals surface area contributed by atoms with E-state index in [1.54, 1.807) is 31.6 Å². The maximum atomic E-state index is 12.3. The first kappa shape index (κ1) is 16.3. The van der Waals surface area contributed by atoms with Gasteiger partial charge in [-0.1, -0.05) is 0 Å². The molecule has 0 saturated carbocycles. The predicted octanol–water partition coefficient (Wildman–Crippen LogP) is 2.45. The molecular weight excluding hydrogens is 330 g/mol. The molecule has 1 saturated heterocycles. The van der Waals surface area contributed by atoms with E-state index in [0.29, 0.717) is 23.8 Å². The largest absolute Gasteiger partial charge is 0.469 e. The summed E-state index contributed by atoms with van der Waals surface area (Å²) < 4.78 is 5.20. The summed E-state index contributed by atoms with van der Waals surface area (Å²) in [5, 5.41) is 3.06. The van der Waals surface area contributed by atoms with E-state index in [2.05, 4.69) is 25.2 Å². The van der Waals surface area contributed by atoms with Gasteiger partial charge in [-0.25, -0.2) is 9.97 Å². The number of hydrogen-bond donors (Lipinski definition) is 1. The Morgan fingerprint density at radius 3 is 3.00 bits per heavy atom. The highest BCUT2D eigenvalue weighted by molar-refractivity contribution is 5.95. The molecule has 1 aliphatic rings. The fourth-order valence-corrected chi connectivity index (χ4v) is 3.12. The Bertz CT molecular complexity index is 909. The van der Waals surface area contributed by atoms with Gasteiger partial charge in [0.1, 0.15) is 5.76 Å². The van der Waals surface area contributed by atoms with E-state index in [4.69, 9.17) is 4.42 Å². The molecular formula is C19H19N5O2. The molecule has 4 heterocycles. The molecule has 1 atom stereocenters. The molecule has 1 amide bonds. The van der Waals surface area contributed by atoms with E-state index in [1.807, 2.05) is 18.2 Å². The van der Waals surface area contributed by atoms with E-state index in [-0.39, 0.29) is 11.9 Å². The molecule has 0 radical (unpaired) electrons. The molecule has 3 aromatic heterocycles. The van der Waals surface area contributed by atoms with Crippen LogP contribution < -0.4 is 10.2 Å². The number of amides is 1. The van der Waals surface area contributed by atoms with E-state index >= 15 is 0 Å². The smallest absolute Gasteiger partial charge is 0.255 e. The molecule has 7 heteroatoms. The van der Waals surface area contributed by atoms with Gasteiger partial charge in [0, 0.05) is 43.3 Å². The van der Waals surface area contributed by atoms with Gasteiger partial charge in [0.2, 0.25) is 5.95 Å². The molecule has 26 heavy (non-hydrogen) atoms. The van der Waals surface area contributed by atoms with E-state index in [1.165, 1.54) is 6.26 Å². The van der Waals surface area contributed by atoms with Gasteiger partial charge in [-0.05, 0) is 37.6 Å². The minimum atomic E-state index is -0.104. The zero-order valence-corrected chi connectivity index (χ0v) is 14.4. The Morgan fingerprint density at radius 2 is 2.23 bits per heavy atom. The summed E-state index contributed by atoms with van der Waals surface area (Å²) in [6, 6.07) is 7.48. The van der Waals surface area contributed by atoms with Crippen molar-refractivity contribution in [1.82, 2.24) is 20.3 Å². The van der Waals surface area contributed by atoms with Crippen molar-refractivity contribution in [3.05, 3.63) is 60.4 Å². The summed E-state index contributed by atoms with van der Waals surface area (Å²) in [6.07, 6.45) is 7.66. The van der Waals surface area contributed by atoms with Gasteiger partial charge in [0.05, 0.1) is 17.5 Å². The van der Waals surface area contributed by atoms with Crippen LogP contribution in [0.5, 0.6) is 0 Å². The molecule has 0 spiro atoms. The van der Waals surface area contributed by atoms with Crippen molar-refractivity contribution in [2.45, 2.75) is 19.4 Å². The number of aryl methyl sites for hydroxylation is 1. The van der Waals surface area contributed by atoms with Crippen LogP contribution in [0.1, 0.15) is 22.5 Å². The van der Waals surface area contributed by atoms with E-state index in [9.17, 15) is 4.79 Å². The lowest BCUT2D eigenvalue weighted by Crippen LogP contribution is -2.37. The molecule has 1 fully saturated rings. The highest BCUT2D eigenvalue weighted by Gasteiger charge is 2.26. The molecule has 1 unspecified atom stereocenters. The highest BCUT2D eigenvalue weighted by Crippen LogP contribution is 2.21. The van der Waals surface area contributed by atoms with Crippen LogP contribution in [0.3, 0.4) is 0 Å². The predicted molar refractivity (Wildman–Crippen MR) is 96.8 cm³/mol. The standard InChI is InChI=1S/C19H19N5O2/c1-13-16(6-10-26-13)18(25)22-15-5-9-24(12-15)19-21-8-4-17(23-19)14-3-2-7-20-11-14/h2-4,6-8,10-11,15H,5,9,12H2,1H3,(H,22,25). The molecule has 7 nitrogen and oxygen atoms in total.